The molecule has 0 bridgehead atoms. The van der Waals surface area contributed by atoms with Crippen molar-refractivity contribution in [2.75, 3.05) is 0 Å². The Morgan fingerprint density at radius 3 is 2.14 bits per heavy atom. The summed E-state index contributed by atoms with van der Waals surface area (Å²) in [5.41, 5.74) is 1.15. The molecule has 1 aromatic rings. The van der Waals surface area contributed by atoms with Crippen LogP contribution in [0.4, 0.5) is 0 Å². The van der Waals surface area contributed by atoms with Crippen LogP contribution in [0.5, 0.6) is 0 Å². The van der Waals surface area contributed by atoms with Crippen molar-refractivity contribution in [3.8, 4) is 0 Å². The quantitative estimate of drug-likeness (QED) is 0.530. The third-order valence-electron chi connectivity index (χ3n) is 1.29. The summed E-state index contributed by atoms with van der Waals surface area (Å²) in [6, 6.07) is 7.59. The Morgan fingerprint density at radius 2 is 1.64 bits per heavy atom. The summed E-state index contributed by atoms with van der Waals surface area (Å²) in [4.78, 5) is 0. The Labute approximate surface area is 111 Å². The standard InChI is InChI=1S/C8H6Cl4S2/c9-7-3-1-6(2-4-7)5-13-14-8(10,11)12/h1-4H,5H2. The molecule has 0 spiro atoms. The number of hydrogen-bond donors (Lipinski definition) is 0. The molecule has 0 atom stereocenters. The van der Waals surface area contributed by atoms with Gasteiger partial charge >= 0.3 is 0 Å². The maximum absolute atomic E-state index is 5.74. The van der Waals surface area contributed by atoms with Crippen LogP contribution in [0.3, 0.4) is 0 Å². The Kier molecular flexibility index (Phi) is 5.61. The van der Waals surface area contributed by atoms with Crippen molar-refractivity contribution in [3.63, 3.8) is 0 Å². The average molecular weight is 308 g/mol. The molecule has 0 fully saturated rings. The molecule has 14 heavy (non-hydrogen) atoms. The topological polar surface area (TPSA) is 0 Å². The van der Waals surface area contributed by atoms with Gasteiger partial charge in [-0.25, -0.2) is 0 Å². The molecular weight excluding hydrogens is 302 g/mol. The van der Waals surface area contributed by atoms with Gasteiger partial charge in [0.1, 0.15) is 0 Å². The van der Waals surface area contributed by atoms with Crippen LogP contribution in [0.1, 0.15) is 5.56 Å². The zero-order valence-corrected chi connectivity index (χ0v) is 11.5. The van der Waals surface area contributed by atoms with E-state index in [1.165, 1.54) is 21.6 Å². The maximum atomic E-state index is 5.74. The van der Waals surface area contributed by atoms with Crippen molar-refractivity contribution < 1.29 is 0 Å². The number of halogens is 4. The summed E-state index contributed by atoms with van der Waals surface area (Å²) in [5, 5.41) is 0.729. The fourth-order valence-electron chi connectivity index (χ4n) is 0.745. The van der Waals surface area contributed by atoms with Gasteiger partial charge in [0.2, 0.25) is 3.12 Å². The van der Waals surface area contributed by atoms with E-state index in [-0.39, 0.29) is 0 Å². The average Bonchev–Trinajstić information content (AvgIpc) is 2.06. The van der Waals surface area contributed by atoms with Crippen LogP contribution in [0.25, 0.3) is 0 Å². The van der Waals surface area contributed by atoms with Gasteiger partial charge in [-0.05, 0) is 28.5 Å². The van der Waals surface area contributed by atoms with Crippen LogP contribution in [-0.4, -0.2) is 3.12 Å². The zero-order chi connectivity index (χ0) is 10.6. The predicted molar refractivity (Wildman–Crippen MR) is 70.6 cm³/mol. The summed E-state index contributed by atoms with van der Waals surface area (Å²) in [5.74, 6) is 0.787. The molecule has 0 aromatic heterocycles. The van der Waals surface area contributed by atoms with Crippen molar-refractivity contribution in [2.45, 2.75) is 8.88 Å². The van der Waals surface area contributed by atoms with E-state index >= 15 is 0 Å². The van der Waals surface area contributed by atoms with Gasteiger partial charge in [0.15, 0.2) is 0 Å². The van der Waals surface area contributed by atoms with Crippen LogP contribution in [0.2, 0.25) is 5.02 Å². The predicted octanol–water partition coefficient (Wildman–Crippen LogP) is 5.55. The van der Waals surface area contributed by atoms with E-state index in [0.717, 1.165) is 16.3 Å². The lowest BCUT2D eigenvalue weighted by Crippen LogP contribution is -1.89. The number of alkyl halides is 3. The van der Waals surface area contributed by atoms with E-state index in [1.807, 2.05) is 24.3 Å². The molecule has 0 N–H and O–H groups in total. The fraction of sp³-hybridized carbons (Fsp3) is 0.250. The molecule has 0 aliphatic rings. The minimum absolute atomic E-state index is 0.729. The molecular formula is C8H6Cl4S2. The number of hydrogen-bond acceptors (Lipinski definition) is 2. The first-order chi connectivity index (χ1) is 6.47. The minimum atomic E-state index is -1.25. The second-order valence-electron chi connectivity index (χ2n) is 2.42. The Balaban J connectivity index is 2.35. The normalized spacial score (nSPS) is 11.7. The highest BCUT2D eigenvalue weighted by Crippen LogP contribution is 2.46. The highest BCUT2D eigenvalue weighted by Gasteiger charge is 2.20. The lowest BCUT2D eigenvalue weighted by Gasteiger charge is -2.08. The van der Waals surface area contributed by atoms with Crippen molar-refractivity contribution in [1.82, 2.24) is 0 Å². The summed E-state index contributed by atoms with van der Waals surface area (Å²) >= 11 is 22.5. The van der Waals surface area contributed by atoms with E-state index in [0.29, 0.717) is 0 Å². The van der Waals surface area contributed by atoms with Crippen LogP contribution in [-0.2, 0) is 5.75 Å². The molecule has 0 nitrogen and oxygen atoms in total. The second kappa shape index (κ2) is 5.97. The fourth-order valence-corrected chi connectivity index (χ4v) is 3.58. The first-order valence-electron chi connectivity index (χ1n) is 3.59. The molecule has 0 heterocycles. The van der Waals surface area contributed by atoms with Crippen LogP contribution < -0.4 is 0 Å². The van der Waals surface area contributed by atoms with E-state index in [1.54, 1.807) is 0 Å². The summed E-state index contributed by atoms with van der Waals surface area (Å²) in [6.07, 6.45) is 0. The largest absolute Gasteiger partial charge is 0.247 e. The second-order valence-corrected chi connectivity index (χ2v) is 8.32. The van der Waals surface area contributed by atoms with E-state index in [9.17, 15) is 0 Å². The Morgan fingerprint density at radius 1 is 1.07 bits per heavy atom. The van der Waals surface area contributed by atoms with Gasteiger partial charge in [0, 0.05) is 10.8 Å². The van der Waals surface area contributed by atoms with Gasteiger partial charge in [0.25, 0.3) is 0 Å². The molecule has 0 aliphatic heterocycles. The monoisotopic (exact) mass is 306 g/mol. The summed E-state index contributed by atoms with van der Waals surface area (Å²) in [7, 11) is 2.71. The molecule has 0 unspecified atom stereocenters. The molecule has 0 amide bonds. The third-order valence-corrected chi connectivity index (χ3v) is 5.28. The van der Waals surface area contributed by atoms with Gasteiger partial charge < -0.3 is 0 Å². The lowest BCUT2D eigenvalue weighted by molar-refractivity contribution is 1.43. The van der Waals surface area contributed by atoms with E-state index in [4.69, 9.17) is 46.4 Å². The van der Waals surface area contributed by atoms with Gasteiger partial charge in [0.05, 0.1) is 0 Å². The molecule has 1 rings (SSSR count). The number of rotatable bonds is 3. The lowest BCUT2D eigenvalue weighted by atomic mass is 10.2. The molecule has 0 aliphatic carbocycles. The van der Waals surface area contributed by atoms with Crippen LogP contribution in [0.15, 0.2) is 24.3 Å². The third kappa shape index (κ3) is 5.84. The SMILES string of the molecule is Clc1ccc(CSSC(Cl)(Cl)Cl)cc1. The first kappa shape index (κ1) is 13.1. The molecule has 78 valence electrons. The Bertz CT molecular complexity index is 280. The number of benzene rings is 1. The molecule has 0 saturated heterocycles. The highest BCUT2D eigenvalue weighted by atomic mass is 35.6. The van der Waals surface area contributed by atoms with Crippen molar-refractivity contribution in [1.29, 1.82) is 0 Å². The van der Waals surface area contributed by atoms with Crippen molar-refractivity contribution in [3.05, 3.63) is 34.9 Å². The van der Waals surface area contributed by atoms with Gasteiger partial charge in [-0.15, -0.1) is 0 Å². The Hall–Kier alpha value is 1.08. The molecule has 1 aromatic carbocycles. The first-order valence-corrected chi connectivity index (χ1v) is 7.42. The van der Waals surface area contributed by atoms with Crippen molar-refractivity contribution in [2.24, 2.45) is 0 Å². The van der Waals surface area contributed by atoms with Gasteiger partial charge in [-0.2, -0.15) is 0 Å². The summed E-state index contributed by atoms with van der Waals surface area (Å²) < 4.78 is -1.25. The molecule has 0 saturated carbocycles. The van der Waals surface area contributed by atoms with Crippen LogP contribution in [0, 0.1) is 0 Å². The minimum Gasteiger partial charge on any atom is -0.0851 e. The summed E-state index contributed by atoms with van der Waals surface area (Å²) in [6.45, 7) is 0. The molecule has 6 heteroatoms. The van der Waals surface area contributed by atoms with Gasteiger partial charge in [-0.3, -0.25) is 0 Å². The van der Waals surface area contributed by atoms with Crippen molar-refractivity contribution >= 4 is 68.0 Å². The zero-order valence-electron chi connectivity index (χ0n) is 6.84. The highest BCUT2D eigenvalue weighted by molar-refractivity contribution is 8.77. The van der Waals surface area contributed by atoms with Crippen LogP contribution >= 0.6 is 68.0 Å². The van der Waals surface area contributed by atoms with E-state index in [2.05, 4.69) is 0 Å². The molecule has 0 radical (unpaired) electrons. The smallest absolute Gasteiger partial charge is 0.0851 e. The van der Waals surface area contributed by atoms with Gasteiger partial charge in [-0.1, -0.05) is 69.3 Å². The van der Waals surface area contributed by atoms with E-state index < -0.39 is 3.12 Å². The maximum Gasteiger partial charge on any atom is 0.247 e.